The molecule has 0 aliphatic heterocycles. The van der Waals surface area contributed by atoms with Crippen LogP contribution in [0.1, 0.15) is 11.1 Å². The summed E-state index contributed by atoms with van der Waals surface area (Å²) >= 11 is 5.82. The van der Waals surface area contributed by atoms with Gasteiger partial charge in [0, 0.05) is 0 Å². The molecular weight excluding hydrogens is 276 g/mol. The number of alkyl halides is 1. The first-order valence-corrected chi connectivity index (χ1v) is 5.53. The van der Waals surface area contributed by atoms with E-state index in [0.717, 1.165) is 0 Å². The highest BCUT2D eigenvalue weighted by Gasteiger charge is 2.29. The maximum absolute atomic E-state index is 10.8. The Kier molecular flexibility index (Phi) is 5.50. The lowest BCUT2D eigenvalue weighted by molar-refractivity contribution is -0.325. The molecule has 102 valence electrons. The van der Waals surface area contributed by atoms with E-state index in [-0.39, 0.29) is 0 Å². The SMILES string of the molecule is C=C(C(=O)O)C(OOC(Cl)c1ccccc1)C(=O)O. The first kappa shape index (κ1) is 15.2. The molecule has 6 nitrogen and oxygen atoms in total. The number of benzene rings is 1. The summed E-state index contributed by atoms with van der Waals surface area (Å²) in [5, 5.41) is 17.5. The molecule has 1 aromatic rings. The summed E-state index contributed by atoms with van der Waals surface area (Å²) in [6, 6.07) is 8.46. The van der Waals surface area contributed by atoms with Crippen molar-refractivity contribution in [2.24, 2.45) is 0 Å². The molecule has 19 heavy (non-hydrogen) atoms. The van der Waals surface area contributed by atoms with Gasteiger partial charge < -0.3 is 10.2 Å². The van der Waals surface area contributed by atoms with Gasteiger partial charge in [-0.05, 0) is 5.56 Å². The third-order valence-electron chi connectivity index (χ3n) is 2.11. The Morgan fingerprint density at radius 3 is 2.21 bits per heavy atom. The number of hydrogen-bond donors (Lipinski definition) is 2. The van der Waals surface area contributed by atoms with E-state index in [9.17, 15) is 9.59 Å². The average molecular weight is 287 g/mol. The van der Waals surface area contributed by atoms with Gasteiger partial charge in [0.05, 0.1) is 5.57 Å². The standard InChI is InChI=1S/C12H11ClO6/c1-7(11(14)15)9(12(16)17)18-19-10(13)8-5-3-2-4-6-8/h2-6,9-10H,1H2,(H,14,15)(H,16,17). The molecule has 2 atom stereocenters. The molecule has 0 bridgehead atoms. The Labute approximate surface area is 113 Å². The molecule has 2 unspecified atom stereocenters. The Morgan fingerprint density at radius 1 is 1.16 bits per heavy atom. The van der Waals surface area contributed by atoms with E-state index in [1.165, 1.54) is 0 Å². The van der Waals surface area contributed by atoms with Crippen LogP contribution in [-0.4, -0.2) is 28.3 Å². The summed E-state index contributed by atoms with van der Waals surface area (Å²) in [6.45, 7) is 3.10. The fourth-order valence-corrected chi connectivity index (χ4v) is 1.31. The van der Waals surface area contributed by atoms with Gasteiger partial charge >= 0.3 is 11.9 Å². The average Bonchev–Trinajstić information content (AvgIpc) is 2.39. The van der Waals surface area contributed by atoms with Crippen LogP contribution < -0.4 is 0 Å². The fraction of sp³-hybridized carbons (Fsp3) is 0.167. The highest BCUT2D eigenvalue weighted by atomic mass is 35.5. The van der Waals surface area contributed by atoms with Crippen molar-refractivity contribution in [3.8, 4) is 0 Å². The van der Waals surface area contributed by atoms with Gasteiger partial charge in [0.25, 0.3) is 0 Å². The predicted molar refractivity (Wildman–Crippen MR) is 65.4 cm³/mol. The third kappa shape index (κ3) is 4.36. The first-order chi connectivity index (χ1) is 8.93. The van der Waals surface area contributed by atoms with Gasteiger partial charge in [-0.1, -0.05) is 48.5 Å². The summed E-state index contributed by atoms with van der Waals surface area (Å²) in [7, 11) is 0. The molecule has 2 N–H and O–H groups in total. The van der Waals surface area contributed by atoms with Gasteiger partial charge in [-0.3, -0.25) is 0 Å². The second-order valence-corrected chi connectivity index (χ2v) is 3.86. The lowest BCUT2D eigenvalue weighted by atomic mass is 10.2. The van der Waals surface area contributed by atoms with Gasteiger partial charge in [-0.25, -0.2) is 19.4 Å². The van der Waals surface area contributed by atoms with Crippen molar-refractivity contribution in [2.75, 3.05) is 0 Å². The van der Waals surface area contributed by atoms with E-state index in [2.05, 4.69) is 16.4 Å². The van der Waals surface area contributed by atoms with Crippen LogP contribution >= 0.6 is 11.6 Å². The molecule has 0 amide bonds. The molecule has 0 aliphatic rings. The number of rotatable bonds is 7. The minimum atomic E-state index is -1.83. The summed E-state index contributed by atoms with van der Waals surface area (Å²) in [4.78, 5) is 30.7. The van der Waals surface area contributed by atoms with Crippen LogP contribution in [0.5, 0.6) is 0 Å². The smallest absolute Gasteiger partial charge is 0.341 e. The lowest BCUT2D eigenvalue weighted by Gasteiger charge is -2.15. The molecule has 1 aromatic carbocycles. The first-order valence-electron chi connectivity index (χ1n) is 5.09. The highest BCUT2D eigenvalue weighted by Crippen LogP contribution is 2.23. The zero-order valence-electron chi connectivity index (χ0n) is 9.65. The molecule has 0 heterocycles. The molecule has 0 aliphatic carbocycles. The monoisotopic (exact) mass is 286 g/mol. The summed E-state index contributed by atoms with van der Waals surface area (Å²) < 4.78 is 0. The van der Waals surface area contributed by atoms with E-state index in [0.29, 0.717) is 5.56 Å². The van der Waals surface area contributed by atoms with Crippen LogP contribution in [-0.2, 0) is 19.4 Å². The second kappa shape index (κ2) is 6.89. The zero-order chi connectivity index (χ0) is 14.4. The number of carboxylic acids is 2. The normalized spacial score (nSPS) is 13.5. The minimum absolute atomic E-state index is 0.536. The van der Waals surface area contributed by atoms with Crippen molar-refractivity contribution in [3.63, 3.8) is 0 Å². The molecule has 0 spiro atoms. The number of carboxylic acid groups (broad SMARTS) is 2. The van der Waals surface area contributed by atoms with E-state index in [1.807, 2.05) is 0 Å². The van der Waals surface area contributed by atoms with Gasteiger partial charge in [-0.15, -0.1) is 0 Å². The quantitative estimate of drug-likeness (QED) is 0.344. The maximum Gasteiger partial charge on any atom is 0.341 e. The Morgan fingerprint density at radius 2 is 1.74 bits per heavy atom. The zero-order valence-corrected chi connectivity index (χ0v) is 10.4. The van der Waals surface area contributed by atoms with Crippen molar-refractivity contribution in [2.45, 2.75) is 11.7 Å². The number of carbonyl (C=O) groups is 2. The van der Waals surface area contributed by atoms with E-state index < -0.39 is 29.2 Å². The summed E-state index contributed by atoms with van der Waals surface area (Å²) in [5.41, 5.74) is -1.19. The summed E-state index contributed by atoms with van der Waals surface area (Å²) in [6.07, 6.45) is -1.83. The van der Waals surface area contributed by atoms with E-state index in [1.54, 1.807) is 30.3 Å². The van der Waals surface area contributed by atoms with Crippen molar-refractivity contribution >= 4 is 23.5 Å². The predicted octanol–water partition coefficient (Wildman–Crippen LogP) is 1.97. The summed E-state index contributed by atoms with van der Waals surface area (Å²) in [5.74, 6) is -3.04. The molecule has 0 fully saturated rings. The minimum Gasteiger partial charge on any atom is -0.479 e. The highest BCUT2D eigenvalue weighted by molar-refractivity contribution is 6.19. The van der Waals surface area contributed by atoms with Gasteiger partial charge in [0.15, 0.2) is 5.56 Å². The molecular formula is C12H11ClO6. The van der Waals surface area contributed by atoms with Crippen LogP contribution in [0.4, 0.5) is 0 Å². The molecule has 0 saturated carbocycles. The van der Waals surface area contributed by atoms with Crippen LogP contribution in [0.15, 0.2) is 42.5 Å². The van der Waals surface area contributed by atoms with Crippen LogP contribution in [0.3, 0.4) is 0 Å². The molecule has 1 rings (SSSR count). The molecule has 7 heteroatoms. The van der Waals surface area contributed by atoms with Crippen molar-refractivity contribution in [3.05, 3.63) is 48.0 Å². The number of halogens is 1. The topological polar surface area (TPSA) is 93.1 Å². The van der Waals surface area contributed by atoms with Crippen LogP contribution in [0.2, 0.25) is 0 Å². The Balaban J connectivity index is 2.65. The molecule has 0 radical (unpaired) electrons. The van der Waals surface area contributed by atoms with E-state index >= 15 is 0 Å². The van der Waals surface area contributed by atoms with Crippen LogP contribution in [0, 0.1) is 0 Å². The van der Waals surface area contributed by atoms with E-state index in [4.69, 9.17) is 21.8 Å². The van der Waals surface area contributed by atoms with Crippen molar-refractivity contribution < 1.29 is 29.6 Å². The van der Waals surface area contributed by atoms with Gasteiger partial charge in [-0.2, -0.15) is 0 Å². The third-order valence-corrected chi connectivity index (χ3v) is 2.44. The number of aliphatic carboxylic acids is 2. The fourth-order valence-electron chi connectivity index (χ4n) is 1.12. The number of hydrogen-bond acceptors (Lipinski definition) is 4. The van der Waals surface area contributed by atoms with Crippen molar-refractivity contribution in [1.29, 1.82) is 0 Å². The Bertz CT molecular complexity index is 472. The second-order valence-electron chi connectivity index (χ2n) is 3.47. The molecule has 0 aromatic heterocycles. The largest absolute Gasteiger partial charge is 0.479 e. The Hall–Kier alpha value is -1.89. The van der Waals surface area contributed by atoms with Gasteiger partial charge in [0.1, 0.15) is 0 Å². The van der Waals surface area contributed by atoms with Crippen LogP contribution in [0.25, 0.3) is 0 Å². The maximum atomic E-state index is 10.8. The van der Waals surface area contributed by atoms with Gasteiger partial charge in [0.2, 0.25) is 6.10 Å². The molecule has 0 saturated heterocycles. The van der Waals surface area contributed by atoms with Crippen molar-refractivity contribution in [1.82, 2.24) is 0 Å². The lowest BCUT2D eigenvalue weighted by Crippen LogP contribution is -2.29.